The van der Waals surface area contributed by atoms with Crippen molar-refractivity contribution in [1.29, 1.82) is 0 Å². The van der Waals surface area contributed by atoms with Crippen molar-refractivity contribution in [1.82, 2.24) is 0 Å². The highest BCUT2D eigenvalue weighted by Crippen LogP contribution is 1.68. The van der Waals surface area contributed by atoms with Gasteiger partial charge in [-0.3, -0.25) is 0 Å². The van der Waals surface area contributed by atoms with Gasteiger partial charge in [0.25, 0.3) is 0 Å². The molecule has 0 aromatic carbocycles. The average molecular weight is 122 g/mol. The lowest BCUT2D eigenvalue weighted by Gasteiger charge is -1.90. The Labute approximate surface area is 53.3 Å². The summed E-state index contributed by atoms with van der Waals surface area (Å²) < 4.78 is 12.7. The molecule has 0 radical (unpaired) electrons. The highest BCUT2D eigenvalue weighted by atomic mass is 16.3. The lowest BCUT2D eigenvalue weighted by Crippen LogP contribution is -2.03. The van der Waals surface area contributed by atoms with Crippen LogP contribution in [0.15, 0.2) is 12.7 Å². The van der Waals surface area contributed by atoms with E-state index >= 15 is 0 Å². The largest absolute Gasteiger partial charge is 0.394 e. The summed E-state index contributed by atoms with van der Waals surface area (Å²) in [4.78, 5) is 0. The maximum absolute atomic E-state index is 8.23. The molecule has 0 aliphatic carbocycles. The predicted molar refractivity (Wildman–Crippen MR) is 34.6 cm³/mol. The quantitative estimate of drug-likeness (QED) is 0.499. The van der Waals surface area contributed by atoms with E-state index in [9.17, 15) is 0 Å². The molecule has 0 bridgehead atoms. The van der Waals surface area contributed by atoms with Gasteiger partial charge >= 0.3 is 0 Å². The van der Waals surface area contributed by atoms with E-state index < -0.39 is 6.10 Å². The van der Waals surface area contributed by atoms with E-state index in [-0.39, 0.29) is 13.5 Å². The monoisotopic (exact) mass is 122 g/mol. The summed E-state index contributed by atoms with van der Waals surface area (Å²) in [5.41, 5.74) is 0. The minimum atomic E-state index is -0.843. The van der Waals surface area contributed by atoms with Crippen LogP contribution in [0.25, 0.3) is 0 Å². The van der Waals surface area contributed by atoms with Crippen molar-refractivity contribution in [2.45, 2.75) is 19.9 Å². The van der Waals surface area contributed by atoms with Crippen LogP contribution in [0.3, 0.4) is 0 Å². The van der Waals surface area contributed by atoms with E-state index in [2.05, 4.69) is 6.58 Å². The van der Waals surface area contributed by atoms with Crippen LogP contribution in [0, 0.1) is 0 Å². The number of hydrogen-bond donors (Lipinski definition) is 2. The number of aliphatic hydroxyl groups excluding tert-OH is 2. The molecule has 0 aromatic heterocycles. The van der Waals surface area contributed by atoms with Crippen LogP contribution in [0.4, 0.5) is 0 Å². The van der Waals surface area contributed by atoms with E-state index in [1.165, 1.54) is 0 Å². The second-order valence-corrected chi connectivity index (χ2v) is 1.13. The van der Waals surface area contributed by atoms with Gasteiger partial charge < -0.3 is 10.2 Å². The van der Waals surface area contributed by atoms with E-state index in [1.54, 1.807) is 6.08 Å². The summed E-state index contributed by atoms with van der Waals surface area (Å²) in [5, 5.41) is 16.2. The van der Waals surface area contributed by atoms with Gasteiger partial charge in [0, 0.05) is 2.74 Å². The minimum absolute atomic E-state index is 0.115. The molecule has 0 rings (SSSR count). The molecule has 0 spiro atoms. The maximum Gasteiger partial charge on any atom is 0.0742 e. The third kappa shape index (κ3) is 44.6. The van der Waals surface area contributed by atoms with Crippen LogP contribution in [0.2, 0.25) is 0 Å². The molecule has 8 heavy (non-hydrogen) atoms. The first-order valence-corrected chi connectivity index (χ1v) is 2.21. The molecule has 2 nitrogen and oxygen atoms in total. The molecule has 2 heteroatoms. The highest BCUT2D eigenvalue weighted by Gasteiger charge is 1.83. The first kappa shape index (κ1) is 5.79. The molecule has 0 heterocycles. The summed E-state index contributed by atoms with van der Waals surface area (Å²) in [6, 6.07) is 0. The Kier molecular flexibility index (Phi) is 7.11. The fraction of sp³-hybridized carbons (Fsp3) is 0.667. The van der Waals surface area contributed by atoms with Crippen molar-refractivity contribution < 1.29 is 13.0 Å². The lowest BCUT2D eigenvalue weighted by molar-refractivity contribution is 0.110. The second kappa shape index (κ2) is 9.83. The normalized spacial score (nSPS) is 14.2. The summed E-state index contributed by atoms with van der Waals surface area (Å²) >= 11 is 0. The van der Waals surface area contributed by atoms with E-state index in [0.717, 1.165) is 0 Å². The smallest absolute Gasteiger partial charge is 0.0742 e. The fourth-order valence-electron chi connectivity index (χ4n) is 0. The van der Waals surface area contributed by atoms with Crippen molar-refractivity contribution in [3.05, 3.63) is 12.7 Å². The molecule has 1 atom stereocenters. The van der Waals surface area contributed by atoms with Crippen molar-refractivity contribution >= 4 is 0 Å². The molecular formula is C6H14O2. The Bertz CT molecular complexity index is 64.8. The number of aliphatic hydroxyl groups is 2. The third-order valence-corrected chi connectivity index (χ3v) is 0.211. The summed E-state index contributed by atoms with van der Waals surface area (Å²) in [5.74, 6) is 0. The highest BCUT2D eigenvalue weighted by molar-refractivity contribution is 4.51. The number of rotatable bonds is 1. The SMILES string of the molecule is [3H]CC(O)CO.[3H]CC=C. The summed E-state index contributed by atoms with van der Waals surface area (Å²) in [6.45, 7) is 3.21. The molecule has 0 aliphatic heterocycles. The standard InChI is InChI=1S/C3H8O2.C3H6/c1-3(5)2-4;1-3-2/h3-5H,2H2,1H3;3H,1H2,2H3/i1T;2T. The fourth-order valence-corrected chi connectivity index (χ4v) is 0. The maximum atomic E-state index is 8.23. The molecule has 0 saturated heterocycles. The van der Waals surface area contributed by atoms with Gasteiger partial charge in [-0.05, 0) is 13.8 Å². The zero-order chi connectivity index (χ0) is 8.41. The van der Waals surface area contributed by atoms with Crippen LogP contribution < -0.4 is 0 Å². The second-order valence-electron chi connectivity index (χ2n) is 1.13. The van der Waals surface area contributed by atoms with Gasteiger partial charge in [-0.1, -0.05) is 6.08 Å². The Morgan fingerprint density at radius 1 is 2.00 bits per heavy atom. The number of allylic oxidation sites excluding steroid dienone is 1. The summed E-state index contributed by atoms with van der Waals surface area (Å²) in [6.07, 6.45) is 0.699. The van der Waals surface area contributed by atoms with Crippen LogP contribution in [0.1, 0.15) is 16.5 Å². The van der Waals surface area contributed by atoms with Crippen LogP contribution >= 0.6 is 0 Å². The topological polar surface area (TPSA) is 40.5 Å². The first-order chi connectivity index (χ1) is 4.72. The van der Waals surface area contributed by atoms with Gasteiger partial charge in [0.15, 0.2) is 0 Å². The molecule has 0 aromatic rings. The molecule has 0 fully saturated rings. The van der Waals surface area contributed by atoms with Crippen LogP contribution in [-0.4, -0.2) is 22.9 Å². The molecule has 2 N–H and O–H groups in total. The molecule has 0 aliphatic rings. The van der Waals surface area contributed by atoms with Gasteiger partial charge in [0.05, 0.1) is 12.7 Å². The third-order valence-electron chi connectivity index (χ3n) is 0.211. The molecule has 0 amide bonds. The molecular weight excluding hydrogens is 104 g/mol. The van der Waals surface area contributed by atoms with Crippen LogP contribution in [0.5, 0.6) is 0 Å². The first-order valence-electron chi connectivity index (χ1n) is 3.62. The molecule has 1 unspecified atom stereocenters. The predicted octanol–water partition coefficient (Wildman–Crippen LogP) is 0.552. The lowest BCUT2D eigenvalue weighted by atomic mass is 10.5. The Hall–Kier alpha value is -0.340. The Morgan fingerprint density at radius 2 is 2.50 bits per heavy atom. The Morgan fingerprint density at radius 3 is 2.50 bits per heavy atom. The zero-order valence-electron chi connectivity index (χ0n) is 6.88. The average Bonchev–Trinajstić information content (AvgIpc) is 2.03. The van der Waals surface area contributed by atoms with Gasteiger partial charge in [0.1, 0.15) is 0 Å². The van der Waals surface area contributed by atoms with Crippen molar-refractivity contribution in [3.63, 3.8) is 0 Å². The summed E-state index contributed by atoms with van der Waals surface area (Å²) in [7, 11) is 0. The van der Waals surface area contributed by atoms with Crippen molar-refractivity contribution in [2.24, 2.45) is 0 Å². The van der Waals surface area contributed by atoms with Gasteiger partial charge in [-0.25, -0.2) is 0 Å². The number of hydrogen-bond acceptors (Lipinski definition) is 2. The van der Waals surface area contributed by atoms with Gasteiger partial charge in [-0.15, -0.1) is 6.58 Å². The van der Waals surface area contributed by atoms with E-state index in [0.29, 0.717) is 6.90 Å². The van der Waals surface area contributed by atoms with Crippen molar-refractivity contribution in [3.8, 4) is 0 Å². The molecule has 0 saturated carbocycles. The van der Waals surface area contributed by atoms with E-state index in [1.807, 2.05) is 0 Å². The minimum Gasteiger partial charge on any atom is -0.394 e. The zero-order valence-corrected chi connectivity index (χ0v) is 4.88. The van der Waals surface area contributed by atoms with E-state index in [4.69, 9.17) is 13.0 Å². The van der Waals surface area contributed by atoms with Gasteiger partial charge in [-0.2, -0.15) is 0 Å². The van der Waals surface area contributed by atoms with Crippen molar-refractivity contribution in [2.75, 3.05) is 6.61 Å². The Balaban J connectivity index is 0. The van der Waals surface area contributed by atoms with Gasteiger partial charge in [0.2, 0.25) is 0 Å². The molecule has 50 valence electrons. The van der Waals surface area contributed by atoms with Crippen LogP contribution in [-0.2, 0) is 0 Å².